The minimum atomic E-state index is -0.582. The summed E-state index contributed by atoms with van der Waals surface area (Å²) in [5.41, 5.74) is 0.342. The first-order valence-electron chi connectivity index (χ1n) is 5.01. The smallest absolute Gasteiger partial charge is 0.341 e. The monoisotopic (exact) mass is 254 g/mol. The second kappa shape index (κ2) is 5.90. The van der Waals surface area contributed by atoms with Crippen molar-refractivity contribution in [2.45, 2.75) is 0 Å². The third-order valence-corrected chi connectivity index (χ3v) is 2.33. The van der Waals surface area contributed by atoms with Gasteiger partial charge in [0.2, 0.25) is 0 Å². The van der Waals surface area contributed by atoms with Gasteiger partial charge in [0.25, 0.3) is 0 Å². The molecule has 0 unspecified atom stereocenters. The first-order chi connectivity index (χ1) is 8.58. The first-order valence-corrected chi connectivity index (χ1v) is 5.01. The van der Waals surface area contributed by atoms with Gasteiger partial charge < -0.3 is 18.9 Å². The fourth-order valence-electron chi connectivity index (χ4n) is 1.44. The van der Waals surface area contributed by atoms with Crippen molar-refractivity contribution in [1.82, 2.24) is 0 Å². The zero-order valence-electron chi connectivity index (χ0n) is 10.6. The van der Waals surface area contributed by atoms with Gasteiger partial charge in [-0.3, -0.25) is 0 Å². The van der Waals surface area contributed by atoms with Gasteiger partial charge in [-0.25, -0.2) is 9.59 Å². The highest BCUT2D eigenvalue weighted by atomic mass is 16.5. The molecule has 0 spiro atoms. The average Bonchev–Trinajstić information content (AvgIpc) is 2.43. The molecule has 0 N–H and O–H groups in total. The van der Waals surface area contributed by atoms with E-state index in [-0.39, 0.29) is 22.6 Å². The van der Waals surface area contributed by atoms with Gasteiger partial charge in [0, 0.05) is 0 Å². The summed E-state index contributed by atoms with van der Waals surface area (Å²) in [4.78, 5) is 23.1. The Morgan fingerprint density at radius 1 is 0.778 bits per heavy atom. The Bertz CT molecular complexity index is 422. The normalized spacial score (nSPS) is 9.56. The van der Waals surface area contributed by atoms with Crippen LogP contribution >= 0.6 is 0 Å². The summed E-state index contributed by atoms with van der Waals surface area (Å²) in [5.74, 6) is -0.741. The van der Waals surface area contributed by atoms with E-state index in [2.05, 4.69) is 9.47 Å². The number of carbonyl (C=O) groups is 2. The van der Waals surface area contributed by atoms with Gasteiger partial charge in [0.05, 0.1) is 28.4 Å². The average molecular weight is 254 g/mol. The lowest BCUT2D eigenvalue weighted by molar-refractivity contribution is 0.0580. The molecule has 0 aromatic heterocycles. The molecule has 1 aromatic rings. The summed E-state index contributed by atoms with van der Waals surface area (Å²) in [6, 6.07) is 2.74. The zero-order valence-corrected chi connectivity index (χ0v) is 10.6. The predicted octanol–water partition coefficient (Wildman–Crippen LogP) is 1.28. The van der Waals surface area contributed by atoms with E-state index < -0.39 is 11.9 Å². The third-order valence-electron chi connectivity index (χ3n) is 2.33. The molecule has 6 heteroatoms. The van der Waals surface area contributed by atoms with Crippen molar-refractivity contribution in [3.63, 3.8) is 0 Å². The molecule has 98 valence electrons. The van der Waals surface area contributed by atoms with Gasteiger partial charge in [0.15, 0.2) is 0 Å². The summed E-state index contributed by atoms with van der Waals surface area (Å²) in [5, 5.41) is 0. The molecule has 0 atom stereocenters. The van der Waals surface area contributed by atoms with Crippen molar-refractivity contribution in [3.05, 3.63) is 23.3 Å². The second-order valence-electron chi connectivity index (χ2n) is 3.24. The van der Waals surface area contributed by atoms with E-state index >= 15 is 0 Å². The fourth-order valence-corrected chi connectivity index (χ4v) is 1.44. The van der Waals surface area contributed by atoms with Crippen molar-refractivity contribution in [1.29, 1.82) is 0 Å². The van der Waals surface area contributed by atoms with Crippen LogP contribution in [-0.4, -0.2) is 40.4 Å². The molecule has 0 aliphatic carbocycles. The van der Waals surface area contributed by atoms with Crippen LogP contribution in [0.1, 0.15) is 20.7 Å². The highest BCUT2D eigenvalue weighted by molar-refractivity contribution is 5.98. The molecule has 0 saturated carbocycles. The van der Waals surface area contributed by atoms with Crippen LogP contribution in [-0.2, 0) is 9.47 Å². The summed E-state index contributed by atoms with van der Waals surface area (Å²) >= 11 is 0. The molecule has 0 bridgehead atoms. The van der Waals surface area contributed by atoms with Crippen LogP contribution in [0.2, 0.25) is 0 Å². The second-order valence-corrected chi connectivity index (χ2v) is 3.24. The topological polar surface area (TPSA) is 71.1 Å². The maximum Gasteiger partial charge on any atom is 0.341 e. The van der Waals surface area contributed by atoms with E-state index in [1.807, 2.05) is 0 Å². The zero-order chi connectivity index (χ0) is 13.7. The van der Waals surface area contributed by atoms with Crippen LogP contribution in [0.4, 0.5) is 0 Å². The maximum absolute atomic E-state index is 11.5. The third kappa shape index (κ3) is 2.53. The molecule has 0 radical (unpaired) electrons. The first kappa shape index (κ1) is 13.8. The largest absolute Gasteiger partial charge is 0.496 e. The van der Waals surface area contributed by atoms with Gasteiger partial charge in [-0.1, -0.05) is 0 Å². The Morgan fingerprint density at radius 3 is 1.33 bits per heavy atom. The van der Waals surface area contributed by atoms with E-state index in [1.54, 1.807) is 0 Å². The Balaban J connectivity index is 3.41. The number of ether oxygens (including phenoxy) is 4. The fraction of sp³-hybridized carbons (Fsp3) is 0.333. The summed E-state index contributed by atoms with van der Waals surface area (Å²) < 4.78 is 19.3. The molecule has 18 heavy (non-hydrogen) atoms. The number of carbonyl (C=O) groups excluding carboxylic acids is 2. The highest BCUT2D eigenvalue weighted by Crippen LogP contribution is 2.29. The molecule has 0 heterocycles. The Hall–Kier alpha value is -2.24. The standard InChI is InChI=1S/C12H14O6/c1-15-9-5-8(12(14)18-4)10(16-2)6-7(9)11(13)17-3/h5-6H,1-4H3. The van der Waals surface area contributed by atoms with Gasteiger partial charge >= 0.3 is 11.9 Å². The SMILES string of the molecule is COC(=O)c1cc(OC)c(C(=O)OC)cc1OC. The van der Waals surface area contributed by atoms with Crippen LogP contribution in [0.15, 0.2) is 12.1 Å². The number of methoxy groups -OCH3 is 4. The van der Waals surface area contributed by atoms with Gasteiger partial charge in [-0.05, 0) is 12.1 Å². The summed E-state index contributed by atoms with van der Waals surface area (Å²) in [6.07, 6.45) is 0. The van der Waals surface area contributed by atoms with Crippen molar-refractivity contribution in [2.75, 3.05) is 28.4 Å². The maximum atomic E-state index is 11.5. The minimum Gasteiger partial charge on any atom is -0.496 e. The van der Waals surface area contributed by atoms with Crippen LogP contribution in [0.3, 0.4) is 0 Å². The van der Waals surface area contributed by atoms with Gasteiger partial charge in [-0.15, -0.1) is 0 Å². The number of hydrogen-bond donors (Lipinski definition) is 0. The Labute approximate surface area is 104 Å². The van der Waals surface area contributed by atoms with Crippen LogP contribution in [0.5, 0.6) is 11.5 Å². The van der Waals surface area contributed by atoms with E-state index in [1.165, 1.54) is 40.6 Å². The number of hydrogen-bond acceptors (Lipinski definition) is 6. The summed E-state index contributed by atoms with van der Waals surface area (Å²) in [7, 11) is 5.27. The molecule has 0 aliphatic heterocycles. The van der Waals surface area contributed by atoms with Crippen molar-refractivity contribution in [3.8, 4) is 11.5 Å². The lowest BCUT2D eigenvalue weighted by atomic mass is 10.1. The molecule has 0 fully saturated rings. The van der Waals surface area contributed by atoms with Crippen LogP contribution in [0, 0.1) is 0 Å². The molecule has 0 amide bonds. The van der Waals surface area contributed by atoms with Crippen molar-refractivity contribution >= 4 is 11.9 Å². The van der Waals surface area contributed by atoms with E-state index in [0.717, 1.165) is 0 Å². The molecular weight excluding hydrogens is 240 g/mol. The number of rotatable bonds is 4. The van der Waals surface area contributed by atoms with Crippen molar-refractivity contribution < 1.29 is 28.5 Å². The van der Waals surface area contributed by atoms with Crippen molar-refractivity contribution in [2.24, 2.45) is 0 Å². The predicted molar refractivity (Wildman–Crippen MR) is 62.2 cm³/mol. The van der Waals surface area contributed by atoms with E-state index in [4.69, 9.17) is 9.47 Å². The highest BCUT2D eigenvalue weighted by Gasteiger charge is 2.21. The quantitative estimate of drug-likeness (QED) is 0.754. The van der Waals surface area contributed by atoms with Crippen LogP contribution in [0.25, 0.3) is 0 Å². The Morgan fingerprint density at radius 2 is 1.11 bits per heavy atom. The lowest BCUT2D eigenvalue weighted by Gasteiger charge is -2.12. The van der Waals surface area contributed by atoms with Gasteiger partial charge in [0.1, 0.15) is 22.6 Å². The molecule has 1 aromatic carbocycles. The van der Waals surface area contributed by atoms with E-state index in [9.17, 15) is 9.59 Å². The Kier molecular flexibility index (Phi) is 4.53. The molecule has 0 aliphatic rings. The summed E-state index contributed by atoms with van der Waals surface area (Å²) in [6.45, 7) is 0. The van der Waals surface area contributed by atoms with E-state index in [0.29, 0.717) is 0 Å². The molecule has 1 rings (SSSR count). The van der Waals surface area contributed by atoms with Crippen LogP contribution < -0.4 is 9.47 Å². The number of esters is 2. The minimum absolute atomic E-state index is 0.171. The van der Waals surface area contributed by atoms with Gasteiger partial charge in [-0.2, -0.15) is 0 Å². The lowest BCUT2D eigenvalue weighted by Crippen LogP contribution is -2.09. The number of benzene rings is 1. The molecular formula is C12H14O6. The molecule has 6 nitrogen and oxygen atoms in total. The molecule has 0 saturated heterocycles.